The molecule has 1 heterocycles. The molecule has 1 N–H and O–H groups in total. The standard InChI is InChI=1S/C25H23N3O3/c1-3-27(4-2)19-15-11-18(12-16-19)26-23(29)17-9-13-20(14-10-17)28-24(30)21-7-5-6-8-22(21)25(28)31/h5-16H,3-4H2,1-2H3,(H,26,29). The van der Waals surface area contributed by atoms with Crippen molar-refractivity contribution >= 4 is 34.8 Å². The molecule has 6 nitrogen and oxygen atoms in total. The maximum Gasteiger partial charge on any atom is 0.266 e. The summed E-state index contributed by atoms with van der Waals surface area (Å²) in [6.07, 6.45) is 0. The van der Waals surface area contributed by atoms with E-state index in [1.54, 1.807) is 48.5 Å². The molecule has 6 heteroatoms. The third-order valence-electron chi connectivity index (χ3n) is 5.44. The second-order valence-corrected chi connectivity index (χ2v) is 7.21. The number of hydrogen-bond donors (Lipinski definition) is 1. The third-order valence-corrected chi connectivity index (χ3v) is 5.44. The Morgan fingerprint density at radius 3 is 1.87 bits per heavy atom. The molecule has 31 heavy (non-hydrogen) atoms. The van der Waals surface area contributed by atoms with E-state index in [9.17, 15) is 14.4 Å². The van der Waals surface area contributed by atoms with E-state index in [1.807, 2.05) is 24.3 Å². The zero-order valence-electron chi connectivity index (χ0n) is 17.5. The number of nitrogens with zero attached hydrogens (tertiary/aromatic N) is 2. The summed E-state index contributed by atoms with van der Waals surface area (Å²) in [5.41, 5.74) is 3.46. The zero-order chi connectivity index (χ0) is 22.0. The number of benzene rings is 3. The van der Waals surface area contributed by atoms with Gasteiger partial charge in [0.25, 0.3) is 17.7 Å². The molecule has 0 aromatic heterocycles. The van der Waals surface area contributed by atoms with Crippen molar-refractivity contribution in [1.82, 2.24) is 0 Å². The topological polar surface area (TPSA) is 69.7 Å². The van der Waals surface area contributed by atoms with Crippen molar-refractivity contribution in [3.05, 3.63) is 89.5 Å². The van der Waals surface area contributed by atoms with Gasteiger partial charge in [-0.15, -0.1) is 0 Å². The fourth-order valence-corrected chi connectivity index (χ4v) is 3.73. The fraction of sp³-hybridized carbons (Fsp3) is 0.160. The van der Waals surface area contributed by atoms with Crippen LogP contribution in [0.15, 0.2) is 72.8 Å². The van der Waals surface area contributed by atoms with Gasteiger partial charge < -0.3 is 10.2 Å². The lowest BCUT2D eigenvalue weighted by molar-refractivity contribution is 0.0925. The van der Waals surface area contributed by atoms with Gasteiger partial charge in [0, 0.05) is 30.0 Å². The van der Waals surface area contributed by atoms with Crippen LogP contribution in [0, 0.1) is 0 Å². The molecule has 0 spiro atoms. The highest BCUT2D eigenvalue weighted by Gasteiger charge is 2.36. The summed E-state index contributed by atoms with van der Waals surface area (Å²) in [6.45, 7) is 6.04. The molecule has 156 valence electrons. The number of hydrogen-bond acceptors (Lipinski definition) is 4. The predicted octanol–water partition coefficient (Wildman–Crippen LogP) is 4.59. The first kappa shape index (κ1) is 20.3. The van der Waals surface area contributed by atoms with Crippen LogP contribution in [0.4, 0.5) is 17.1 Å². The lowest BCUT2D eigenvalue weighted by Crippen LogP contribution is -2.29. The van der Waals surface area contributed by atoms with Gasteiger partial charge in [0.05, 0.1) is 16.8 Å². The van der Waals surface area contributed by atoms with Gasteiger partial charge in [-0.3, -0.25) is 14.4 Å². The second-order valence-electron chi connectivity index (χ2n) is 7.21. The van der Waals surface area contributed by atoms with E-state index >= 15 is 0 Å². The fourth-order valence-electron chi connectivity index (χ4n) is 3.73. The molecule has 0 saturated heterocycles. The SMILES string of the molecule is CCN(CC)c1ccc(NC(=O)c2ccc(N3C(=O)c4ccccc4C3=O)cc2)cc1. The normalized spacial score (nSPS) is 12.6. The number of nitrogens with one attached hydrogen (secondary N) is 1. The Morgan fingerprint density at radius 2 is 1.35 bits per heavy atom. The molecule has 1 aliphatic heterocycles. The Kier molecular flexibility index (Phi) is 5.54. The molecule has 3 amide bonds. The summed E-state index contributed by atoms with van der Waals surface area (Å²) in [4.78, 5) is 41.2. The first-order valence-corrected chi connectivity index (χ1v) is 10.3. The maximum atomic E-state index is 12.6. The van der Waals surface area contributed by atoms with Crippen LogP contribution in [0.1, 0.15) is 44.9 Å². The molecule has 0 unspecified atom stereocenters. The van der Waals surface area contributed by atoms with Crippen LogP contribution in [0.3, 0.4) is 0 Å². The predicted molar refractivity (Wildman–Crippen MR) is 122 cm³/mol. The van der Waals surface area contributed by atoms with Gasteiger partial charge >= 0.3 is 0 Å². The molecule has 0 atom stereocenters. The summed E-state index contributed by atoms with van der Waals surface area (Å²) in [5, 5.41) is 2.88. The molecule has 0 saturated carbocycles. The van der Waals surface area contributed by atoms with Crippen molar-refractivity contribution in [2.45, 2.75) is 13.8 Å². The van der Waals surface area contributed by atoms with Crippen molar-refractivity contribution in [3.63, 3.8) is 0 Å². The quantitative estimate of drug-likeness (QED) is 0.601. The Bertz CT molecular complexity index is 1100. The molecule has 0 radical (unpaired) electrons. The molecular formula is C25H23N3O3. The monoisotopic (exact) mass is 413 g/mol. The number of carbonyl (C=O) groups excluding carboxylic acids is 3. The third kappa shape index (κ3) is 3.80. The largest absolute Gasteiger partial charge is 0.372 e. The van der Waals surface area contributed by atoms with Gasteiger partial charge in [0.2, 0.25) is 0 Å². The minimum Gasteiger partial charge on any atom is -0.372 e. The van der Waals surface area contributed by atoms with Crippen LogP contribution in [0.5, 0.6) is 0 Å². The van der Waals surface area contributed by atoms with E-state index in [0.29, 0.717) is 28.1 Å². The van der Waals surface area contributed by atoms with Crippen molar-refractivity contribution < 1.29 is 14.4 Å². The summed E-state index contributed by atoms with van der Waals surface area (Å²) in [7, 11) is 0. The Labute approximate surface area is 181 Å². The first-order chi connectivity index (χ1) is 15.0. The highest BCUT2D eigenvalue weighted by molar-refractivity contribution is 6.34. The molecule has 3 aromatic rings. The lowest BCUT2D eigenvalue weighted by Gasteiger charge is -2.21. The van der Waals surface area contributed by atoms with E-state index < -0.39 is 0 Å². The molecule has 1 aliphatic rings. The van der Waals surface area contributed by atoms with Crippen LogP contribution in [0.2, 0.25) is 0 Å². The summed E-state index contributed by atoms with van der Waals surface area (Å²) in [5.74, 6) is -0.971. The van der Waals surface area contributed by atoms with Crippen LogP contribution in [-0.2, 0) is 0 Å². The summed E-state index contributed by atoms with van der Waals surface area (Å²) < 4.78 is 0. The number of rotatable bonds is 6. The van der Waals surface area contributed by atoms with Crippen LogP contribution in [0.25, 0.3) is 0 Å². The van der Waals surface area contributed by atoms with Gasteiger partial charge in [-0.1, -0.05) is 12.1 Å². The lowest BCUT2D eigenvalue weighted by atomic mass is 10.1. The Hall–Kier alpha value is -3.93. The van der Waals surface area contributed by atoms with Gasteiger partial charge in [-0.2, -0.15) is 0 Å². The first-order valence-electron chi connectivity index (χ1n) is 10.3. The van der Waals surface area contributed by atoms with Crippen molar-refractivity contribution in [2.75, 3.05) is 28.2 Å². The van der Waals surface area contributed by atoms with Gasteiger partial charge in [0.1, 0.15) is 0 Å². The summed E-state index contributed by atoms with van der Waals surface area (Å²) >= 11 is 0. The number of fused-ring (bicyclic) bond motifs is 1. The number of imide groups is 1. The highest BCUT2D eigenvalue weighted by atomic mass is 16.2. The van der Waals surface area contributed by atoms with Gasteiger partial charge in [-0.05, 0) is 74.5 Å². The highest BCUT2D eigenvalue weighted by Crippen LogP contribution is 2.28. The minimum absolute atomic E-state index is 0.260. The Morgan fingerprint density at radius 1 is 0.806 bits per heavy atom. The molecule has 4 rings (SSSR count). The minimum atomic E-state index is -0.355. The zero-order valence-corrected chi connectivity index (χ0v) is 17.5. The molecule has 3 aromatic carbocycles. The van der Waals surface area contributed by atoms with Crippen LogP contribution >= 0.6 is 0 Å². The number of amides is 3. The van der Waals surface area contributed by atoms with Crippen molar-refractivity contribution in [2.24, 2.45) is 0 Å². The number of carbonyl (C=O) groups is 3. The molecule has 0 aliphatic carbocycles. The van der Waals surface area contributed by atoms with E-state index in [1.165, 1.54) is 0 Å². The molecule has 0 fully saturated rings. The van der Waals surface area contributed by atoms with Crippen LogP contribution < -0.4 is 15.1 Å². The average molecular weight is 413 g/mol. The van der Waals surface area contributed by atoms with E-state index in [2.05, 4.69) is 24.1 Å². The van der Waals surface area contributed by atoms with Gasteiger partial charge in [0.15, 0.2) is 0 Å². The summed E-state index contributed by atoms with van der Waals surface area (Å²) in [6, 6.07) is 20.9. The van der Waals surface area contributed by atoms with Crippen LogP contribution in [-0.4, -0.2) is 30.8 Å². The molecular weight excluding hydrogens is 390 g/mol. The smallest absolute Gasteiger partial charge is 0.266 e. The van der Waals surface area contributed by atoms with E-state index in [0.717, 1.165) is 23.7 Å². The Balaban J connectivity index is 1.47. The van der Waals surface area contributed by atoms with Gasteiger partial charge in [-0.25, -0.2) is 4.90 Å². The molecule has 0 bridgehead atoms. The van der Waals surface area contributed by atoms with E-state index in [4.69, 9.17) is 0 Å². The number of anilines is 3. The van der Waals surface area contributed by atoms with Crippen molar-refractivity contribution in [3.8, 4) is 0 Å². The maximum absolute atomic E-state index is 12.6. The second kappa shape index (κ2) is 8.44. The van der Waals surface area contributed by atoms with Crippen molar-refractivity contribution in [1.29, 1.82) is 0 Å². The van der Waals surface area contributed by atoms with E-state index in [-0.39, 0.29) is 17.7 Å². The average Bonchev–Trinajstić information content (AvgIpc) is 3.06.